The van der Waals surface area contributed by atoms with E-state index in [2.05, 4.69) is 15.4 Å². The van der Waals surface area contributed by atoms with Gasteiger partial charge in [0.2, 0.25) is 0 Å². The van der Waals surface area contributed by atoms with Crippen LogP contribution in [0.25, 0.3) is 0 Å². The maximum absolute atomic E-state index is 4.90. The van der Waals surface area contributed by atoms with Crippen molar-refractivity contribution < 1.29 is 0 Å². The molecule has 0 aliphatic heterocycles. The number of hydrogen-bond acceptors (Lipinski definition) is 5. The third-order valence-corrected chi connectivity index (χ3v) is 0.575. The molecule has 1 aromatic heterocycles. The van der Waals surface area contributed by atoms with Crippen LogP contribution in [0.4, 0.5) is 0 Å². The molecule has 0 aromatic carbocycles. The van der Waals surface area contributed by atoms with Crippen LogP contribution >= 0.6 is 0 Å². The second-order valence-electron chi connectivity index (χ2n) is 1.39. The van der Waals surface area contributed by atoms with Crippen molar-refractivity contribution in [2.24, 2.45) is 11.5 Å². The molecule has 5 nitrogen and oxygen atoms in total. The molecule has 0 atom stereocenters. The fourth-order valence-electron chi connectivity index (χ4n) is 0.205. The lowest BCUT2D eigenvalue weighted by Crippen LogP contribution is -2.11. The number of aromatic nitrogens is 3. The van der Waals surface area contributed by atoms with Crippen molar-refractivity contribution in [1.29, 1.82) is 0 Å². The molecule has 0 aliphatic rings. The SMILES string of the molecule is NCCN.c1cnnnc1. The Labute approximate surface area is 59.4 Å². The van der Waals surface area contributed by atoms with E-state index in [1.54, 1.807) is 18.5 Å². The number of nitrogens with zero attached hydrogens (tertiary/aromatic N) is 3. The van der Waals surface area contributed by atoms with E-state index in [-0.39, 0.29) is 0 Å². The summed E-state index contributed by atoms with van der Waals surface area (Å²) in [5, 5.41) is 10.1. The van der Waals surface area contributed by atoms with Gasteiger partial charge in [0.15, 0.2) is 0 Å². The molecular formula is C5H11N5. The number of rotatable bonds is 1. The van der Waals surface area contributed by atoms with Gasteiger partial charge in [-0.25, -0.2) is 0 Å². The topological polar surface area (TPSA) is 90.7 Å². The summed E-state index contributed by atoms with van der Waals surface area (Å²) in [5.74, 6) is 0. The fraction of sp³-hybridized carbons (Fsp3) is 0.400. The summed E-state index contributed by atoms with van der Waals surface area (Å²) < 4.78 is 0. The van der Waals surface area contributed by atoms with Crippen LogP contribution in [0.15, 0.2) is 18.5 Å². The minimum Gasteiger partial charge on any atom is -0.329 e. The summed E-state index contributed by atoms with van der Waals surface area (Å²) in [5.41, 5.74) is 9.81. The molecular weight excluding hydrogens is 130 g/mol. The second kappa shape index (κ2) is 7.93. The van der Waals surface area contributed by atoms with Gasteiger partial charge in [-0.3, -0.25) is 0 Å². The van der Waals surface area contributed by atoms with Gasteiger partial charge in [-0.15, -0.1) is 10.2 Å². The third kappa shape index (κ3) is 6.93. The summed E-state index contributed by atoms with van der Waals surface area (Å²) in [6, 6.07) is 1.72. The average molecular weight is 141 g/mol. The van der Waals surface area contributed by atoms with Crippen LogP contribution in [0.3, 0.4) is 0 Å². The largest absolute Gasteiger partial charge is 0.329 e. The van der Waals surface area contributed by atoms with Gasteiger partial charge in [0.05, 0.1) is 12.4 Å². The Morgan fingerprint density at radius 1 is 1.00 bits per heavy atom. The Bertz CT molecular complexity index is 102. The van der Waals surface area contributed by atoms with Crippen LogP contribution < -0.4 is 11.5 Å². The van der Waals surface area contributed by atoms with E-state index >= 15 is 0 Å². The zero-order chi connectivity index (χ0) is 7.66. The molecule has 56 valence electrons. The van der Waals surface area contributed by atoms with Gasteiger partial charge < -0.3 is 11.5 Å². The Hall–Kier alpha value is -1.07. The van der Waals surface area contributed by atoms with Gasteiger partial charge in [-0.1, -0.05) is 0 Å². The number of nitrogens with two attached hydrogens (primary N) is 2. The lowest BCUT2D eigenvalue weighted by atomic mass is 10.7. The van der Waals surface area contributed by atoms with E-state index in [1.807, 2.05) is 0 Å². The van der Waals surface area contributed by atoms with Crippen molar-refractivity contribution >= 4 is 0 Å². The average Bonchev–Trinajstić information content (AvgIpc) is 2.08. The first-order chi connectivity index (χ1) is 4.91. The van der Waals surface area contributed by atoms with Crippen LogP contribution in [0.2, 0.25) is 0 Å². The molecule has 0 spiro atoms. The minimum absolute atomic E-state index is 0.597. The monoisotopic (exact) mass is 141 g/mol. The molecule has 1 aromatic rings. The standard InChI is InChI=1S/C3H3N3.C2H8N2/c1-2-4-6-5-3-1;3-1-2-4/h1-3H;1-4H2. The molecule has 0 aliphatic carbocycles. The van der Waals surface area contributed by atoms with Gasteiger partial charge in [-0.2, -0.15) is 0 Å². The highest BCUT2D eigenvalue weighted by molar-refractivity contribution is 4.69. The molecule has 0 unspecified atom stereocenters. The van der Waals surface area contributed by atoms with Gasteiger partial charge in [0, 0.05) is 13.1 Å². The van der Waals surface area contributed by atoms with Crippen LogP contribution in [0.5, 0.6) is 0 Å². The van der Waals surface area contributed by atoms with E-state index < -0.39 is 0 Å². The predicted octanol–water partition coefficient (Wildman–Crippen LogP) is -1.22. The van der Waals surface area contributed by atoms with Crippen molar-refractivity contribution in [3.63, 3.8) is 0 Å². The summed E-state index contributed by atoms with van der Waals surface area (Å²) in [4.78, 5) is 0. The van der Waals surface area contributed by atoms with Crippen molar-refractivity contribution in [1.82, 2.24) is 15.4 Å². The number of hydrogen-bond donors (Lipinski definition) is 2. The molecule has 0 amide bonds. The van der Waals surface area contributed by atoms with Crippen LogP contribution in [-0.4, -0.2) is 28.5 Å². The fourth-order valence-corrected chi connectivity index (χ4v) is 0.205. The van der Waals surface area contributed by atoms with E-state index in [1.165, 1.54) is 0 Å². The summed E-state index contributed by atoms with van der Waals surface area (Å²) in [7, 11) is 0. The summed E-state index contributed by atoms with van der Waals surface area (Å²) in [6.45, 7) is 1.19. The predicted molar refractivity (Wildman–Crippen MR) is 37.9 cm³/mol. The van der Waals surface area contributed by atoms with Gasteiger partial charge in [0.25, 0.3) is 0 Å². The van der Waals surface area contributed by atoms with E-state index in [9.17, 15) is 0 Å². The zero-order valence-corrected chi connectivity index (χ0v) is 5.64. The van der Waals surface area contributed by atoms with Crippen molar-refractivity contribution in [3.05, 3.63) is 18.5 Å². The first-order valence-corrected chi connectivity index (χ1v) is 2.90. The first-order valence-electron chi connectivity index (χ1n) is 2.90. The lowest BCUT2D eigenvalue weighted by molar-refractivity contribution is 0.865. The van der Waals surface area contributed by atoms with Gasteiger partial charge in [0.1, 0.15) is 0 Å². The molecule has 0 bridgehead atoms. The molecule has 5 heteroatoms. The van der Waals surface area contributed by atoms with Gasteiger partial charge >= 0.3 is 0 Å². The van der Waals surface area contributed by atoms with E-state index in [0.717, 1.165) is 0 Å². The Morgan fingerprint density at radius 3 is 1.60 bits per heavy atom. The summed E-state index contributed by atoms with van der Waals surface area (Å²) >= 11 is 0. The Morgan fingerprint density at radius 2 is 1.50 bits per heavy atom. The maximum atomic E-state index is 4.90. The summed E-state index contributed by atoms with van der Waals surface area (Å²) in [6.07, 6.45) is 3.15. The quantitative estimate of drug-likeness (QED) is 0.511. The smallest absolute Gasteiger partial charge is 0.0529 e. The minimum atomic E-state index is 0.597. The van der Waals surface area contributed by atoms with Crippen LogP contribution in [0.1, 0.15) is 0 Å². The first kappa shape index (κ1) is 8.93. The van der Waals surface area contributed by atoms with Crippen molar-refractivity contribution in [2.75, 3.05) is 13.1 Å². The van der Waals surface area contributed by atoms with E-state index in [0.29, 0.717) is 13.1 Å². The second-order valence-corrected chi connectivity index (χ2v) is 1.39. The molecule has 10 heavy (non-hydrogen) atoms. The normalized spacial score (nSPS) is 7.80. The van der Waals surface area contributed by atoms with Crippen LogP contribution in [-0.2, 0) is 0 Å². The molecule has 0 fully saturated rings. The van der Waals surface area contributed by atoms with Crippen molar-refractivity contribution in [3.8, 4) is 0 Å². The molecule has 0 radical (unpaired) electrons. The highest BCUT2D eigenvalue weighted by atomic mass is 15.3. The zero-order valence-electron chi connectivity index (χ0n) is 5.64. The molecule has 1 rings (SSSR count). The molecule has 0 saturated carbocycles. The lowest BCUT2D eigenvalue weighted by Gasteiger charge is -1.72. The maximum Gasteiger partial charge on any atom is 0.0529 e. The van der Waals surface area contributed by atoms with Gasteiger partial charge in [-0.05, 0) is 11.3 Å². The third-order valence-electron chi connectivity index (χ3n) is 0.575. The molecule has 0 saturated heterocycles. The Kier molecular flexibility index (Phi) is 7.08. The highest BCUT2D eigenvalue weighted by Gasteiger charge is 1.60. The van der Waals surface area contributed by atoms with Crippen LogP contribution in [0, 0.1) is 0 Å². The Balaban J connectivity index is 0.000000180. The van der Waals surface area contributed by atoms with Crippen molar-refractivity contribution in [2.45, 2.75) is 0 Å². The molecule has 1 heterocycles. The highest BCUT2D eigenvalue weighted by Crippen LogP contribution is 1.61. The van der Waals surface area contributed by atoms with E-state index in [4.69, 9.17) is 11.5 Å². The molecule has 4 N–H and O–H groups in total.